The number of carboxylic acid groups (broad SMARTS) is 1. The molecule has 3 atom stereocenters. The van der Waals surface area contributed by atoms with Crippen molar-refractivity contribution in [2.75, 3.05) is 7.11 Å². The molecule has 1 saturated carbocycles. The fourth-order valence-corrected chi connectivity index (χ4v) is 6.88. The lowest BCUT2D eigenvalue weighted by Crippen LogP contribution is -2.25. The molecule has 228 valence electrons. The predicted octanol–water partition coefficient (Wildman–Crippen LogP) is 4.94. The predicted molar refractivity (Wildman–Crippen MR) is 170 cm³/mol. The summed E-state index contributed by atoms with van der Waals surface area (Å²) in [5, 5.41) is 9.58. The molecule has 0 aromatic carbocycles. The van der Waals surface area contributed by atoms with Crippen LogP contribution >= 0.6 is 0 Å². The van der Waals surface area contributed by atoms with Gasteiger partial charge in [-0.1, -0.05) is 26.5 Å². The summed E-state index contributed by atoms with van der Waals surface area (Å²) < 4.78 is 5.09. The van der Waals surface area contributed by atoms with Gasteiger partial charge in [-0.05, 0) is 61.6 Å². The number of Topliss-reactive ketones (excluding diaryl/α,β-unsaturated/α-hetero) is 1. The van der Waals surface area contributed by atoms with Crippen molar-refractivity contribution >= 4 is 46.9 Å². The fraction of sp³-hybridized carbons (Fsp3) is 0.314. The number of esters is 1. The topological polar surface area (TPSA) is 147 Å². The summed E-state index contributed by atoms with van der Waals surface area (Å²) in [5.41, 5.74) is 8.22. The summed E-state index contributed by atoms with van der Waals surface area (Å²) in [6.45, 7) is 11.6. The molecule has 45 heavy (non-hydrogen) atoms. The van der Waals surface area contributed by atoms with Gasteiger partial charge in [0, 0.05) is 46.3 Å². The van der Waals surface area contributed by atoms with Crippen molar-refractivity contribution in [1.82, 2.24) is 0 Å². The highest BCUT2D eigenvalue weighted by atomic mass is 16.5. The van der Waals surface area contributed by atoms with Gasteiger partial charge in [0.1, 0.15) is 5.92 Å². The lowest BCUT2D eigenvalue weighted by Gasteiger charge is -2.19. The van der Waals surface area contributed by atoms with Gasteiger partial charge in [-0.15, -0.1) is 0 Å². The van der Waals surface area contributed by atoms with Crippen LogP contribution in [0.1, 0.15) is 47.0 Å². The van der Waals surface area contributed by atoms with E-state index in [9.17, 15) is 24.3 Å². The third-order valence-corrected chi connectivity index (χ3v) is 9.30. The number of hydrogen-bond acceptors (Lipinski definition) is 9. The van der Waals surface area contributed by atoms with Crippen molar-refractivity contribution in [2.24, 2.45) is 37.7 Å². The van der Waals surface area contributed by atoms with E-state index in [4.69, 9.17) is 24.7 Å². The van der Waals surface area contributed by atoms with E-state index >= 15 is 0 Å². The van der Waals surface area contributed by atoms with E-state index < -0.39 is 29.6 Å². The van der Waals surface area contributed by atoms with Gasteiger partial charge in [-0.3, -0.25) is 24.2 Å². The van der Waals surface area contributed by atoms with Crippen LogP contribution in [-0.2, 0) is 23.9 Å². The maximum Gasteiger partial charge on any atom is 0.321 e. The Bertz CT molecular complexity index is 1900. The Morgan fingerprint density at radius 1 is 1.00 bits per heavy atom. The number of nitrogens with zero attached hydrogens (tertiary/aromatic N) is 4. The van der Waals surface area contributed by atoms with Gasteiger partial charge in [-0.2, -0.15) is 0 Å². The highest BCUT2D eigenvalue weighted by molar-refractivity contribution is 6.43. The van der Waals surface area contributed by atoms with Crippen molar-refractivity contribution in [1.29, 1.82) is 0 Å². The molecule has 5 aliphatic heterocycles. The number of carbonyl (C=O) groups excluding carboxylic acids is 3. The number of ether oxygens (including phenoxy) is 1. The number of carboxylic acids is 1. The zero-order chi connectivity index (χ0) is 32.3. The maximum absolute atomic E-state index is 14.0. The number of rotatable bonds is 7. The van der Waals surface area contributed by atoms with E-state index in [1.54, 1.807) is 25.2 Å². The van der Waals surface area contributed by atoms with Gasteiger partial charge in [0.25, 0.3) is 0 Å². The Kier molecular flexibility index (Phi) is 7.39. The SMILES string of the molecule is C=CC1=C(C)C2=CC3=NC(=C4C5=NC(=CC6=NC(=CC1=N2)C(C=O)=C6CC)C(C)=C5C(=O)C4C(=O)OC)C(CCC(=O)O)C3C. The Morgan fingerprint density at radius 2 is 1.69 bits per heavy atom. The molecule has 6 aliphatic rings. The smallest absolute Gasteiger partial charge is 0.321 e. The molecule has 1 N–H and O–H groups in total. The summed E-state index contributed by atoms with van der Waals surface area (Å²) in [5.74, 6) is -4.07. The Morgan fingerprint density at radius 3 is 2.33 bits per heavy atom. The number of methoxy groups -OCH3 is 1. The van der Waals surface area contributed by atoms with Gasteiger partial charge in [0.05, 0.1) is 47.0 Å². The number of fused-ring (bicyclic) bond motifs is 4. The minimum atomic E-state index is -1.28. The van der Waals surface area contributed by atoms with Crippen LogP contribution in [0.25, 0.3) is 0 Å². The highest BCUT2D eigenvalue weighted by Crippen LogP contribution is 2.47. The fourth-order valence-electron chi connectivity index (χ4n) is 6.88. The first-order valence-corrected chi connectivity index (χ1v) is 14.9. The molecule has 6 rings (SSSR count). The molecular weight excluding hydrogens is 572 g/mol. The maximum atomic E-state index is 14.0. The monoisotopic (exact) mass is 604 g/mol. The van der Waals surface area contributed by atoms with Crippen LogP contribution in [0.15, 0.2) is 113 Å². The molecule has 5 heterocycles. The molecule has 0 aromatic rings. The molecule has 0 spiro atoms. The largest absolute Gasteiger partial charge is 0.481 e. The third kappa shape index (κ3) is 4.54. The molecule has 0 radical (unpaired) electrons. The second-order valence-electron chi connectivity index (χ2n) is 11.6. The Balaban J connectivity index is 1.70. The second kappa shape index (κ2) is 11.1. The summed E-state index contributed by atoms with van der Waals surface area (Å²) in [7, 11) is 1.23. The summed E-state index contributed by atoms with van der Waals surface area (Å²) in [4.78, 5) is 70.8. The first kappa shape index (κ1) is 29.9. The number of ketones is 1. The van der Waals surface area contributed by atoms with E-state index in [0.29, 0.717) is 74.3 Å². The van der Waals surface area contributed by atoms with Crippen molar-refractivity contribution in [3.63, 3.8) is 0 Å². The second-order valence-corrected chi connectivity index (χ2v) is 11.6. The van der Waals surface area contributed by atoms with E-state index in [-0.39, 0.29) is 18.8 Å². The van der Waals surface area contributed by atoms with Gasteiger partial charge < -0.3 is 9.84 Å². The van der Waals surface area contributed by atoms with Gasteiger partial charge in [0.15, 0.2) is 12.1 Å². The standard InChI is InChI=1S/C35H32N4O6/c1-7-18-15(3)22-11-23-16(4)20(9-10-28(41)42)32(38-23)30-31(35(44)45-6)34(43)29-17(5)24(39-33(29)30)12-26-19(8-2)21(14-40)27(37-26)13-25(18)36-22/h7,11-14,16,20,31H,1,8-10H2,2-6H3,(H,41,42). The molecule has 10 heteroatoms. The lowest BCUT2D eigenvalue weighted by atomic mass is 9.83. The van der Waals surface area contributed by atoms with Crippen molar-refractivity contribution in [2.45, 2.75) is 47.0 Å². The van der Waals surface area contributed by atoms with Crippen LogP contribution < -0.4 is 0 Å². The van der Waals surface area contributed by atoms with Crippen LogP contribution in [0, 0.1) is 17.8 Å². The summed E-state index contributed by atoms with van der Waals surface area (Å²) >= 11 is 0. The molecule has 10 nitrogen and oxygen atoms in total. The van der Waals surface area contributed by atoms with Gasteiger partial charge in [0.2, 0.25) is 0 Å². The summed E-state index contributed by atoms with van der Waals surface area (Å²) in [6, 6.07) is 0. The van der Waals surface area contributed by atoms with Crippen molar-refractivity contribution in [3.05, 3.63) is 92.7 Å². The van der Waals surface area contributed by atoms with Crippen LogP contribution in [0.2, 0.25) is 0 Å². The molecule has 1 fully saturated rings. The molecule has 8 bridgehead atoms. The van der Waals surface area contributed by atoms with Gasteiger partial charge in [-0.25, -0.2) is 15.0 Å². The zero-order valence-electron chi connectivity index (χ0n) is 25.7. The minimum absolute atomic E-state index is 0.123. The normalized spacial score (nSPS) is 25.2. The number of aliphatic carboxylic acids is 1. The Hall–Kier alpha value is -5.12. The molecule has 1 aliphatic carbocycles. The van der Waals surface area contributed by atoms with Crippen LogP contribution in [0.4, 0.5) is 0 Å². The van der Waals surface area contributed by atoms with Crippen molar-refractivity contribution < 1.29 is 29.0 Å². The number of hydrogen-bond donors (Lipinski definition) is 1. The number of allylic oxidation sites excluding steroid dienone is 11. The zero-order valence-corrected chi connectivity index (χ0v) is 25.7. The molecule has 3 unspecified atom stereocenters. The number of aliphatic imine (C=N–C) groups is 4. The van der Waals surface area contributed by atoms with Crippen LogP contribution in [0.5, 0.6) is 0 Å². The molecular formula is C35H32N4O6. The van der Waals surface area contributed by atoms with Crippen molar-refractivity contribution in [3.8, 4) is 0 Å². The molecule has 0 aromatic heterocycles. The first-order chi connectivity index (χ1) is 21.5. The first-order valence-electron chi connectivity index (χ1n) is 14.9. The summed E-state index contributed by atoms with van der Waals surface area (Å²) in [6.07, 6.45) is 8.55. The number of aldehydes is 1. The molecule has 0 saturated heterocycles. The highest BCUT2D eigenvalue weighted by Gasteiger charge is 2.51. The van der Waals surface area contributed by atoms with Crippen LogP contribution in [0.3, 0.4) is 0 Å². The van der Waals surface area contributed by atoms with E-state index in [0.717, 1.165) is 23.0 Å². The van der Waals surface area contributed by atoms with E-state index in [1.165, 1.54) is 7.11 Å². The lowest BCUT2D eigenvalue weighted by molar-refractivity contribution is -0.146. The average molecular weight is 605 g/mol. The van der Waals surface area contributed by atoms with E-state index in [2.05, 4.69) is 6.58 Å². The third-order valence-electron chi connectivity index (χ3n) is 9.30. The molecule has 0 amide bonds. The average Bonchev–Trinajstić information content (AvgIpc) is 3.76. The number of carbonyl (C=O) groups is 4. The Labute approximate surface area is 260 Å². The van der Waals surface area contributed by atoms with E-state index in [1.807, 2.05) is 26.8 Å². The quantitative estimate of drug-likeness (QED) is 0.247. The van der Waals surface area contributed by atoms with Crippen LogP contribution in [-0.4, -0.2) is 59.1 Å². The minimum Gasteiger partial charge on any atom is -0.481 e. The van der Waals surface area contributed by atoms with Gasteiger partial charge >= 0.3 is 11.9 Å².